The lowest BCUT2D eigenvalue weighted by Gasteiger charge is -2.01. The Kier molecular flexibility index (Phi) is 3.78. The fourth-order valence-electron chi connectivity index (χ4n) is 1.88. The number of carbonyl (C=O) groups is 1. The highest BCUT2D eigenvalue weighted by molar-refractivity contribution is 5.93. The summed E-state index contributed by atoms with van der Waals surface area (Å²) in [5.41, 5.74) is 0.553. The van der Waals surface area contributed by atoms with Gasteiger partial charge in [0.1, 0.15) is 0 Å². The van der Waals surface area contributed by atoms with E-state index in [1.54, 1.807) is 36.4 Å². The van der Waals surface area contributed by atoms with Gasteiger partial charge in [-0.1, -0.05) is 23.4 Å². The van der Waals surface area contributed by atoms with Gasteiger partial charge in [-0.2, -0.15) is 4.98 Å². The molecule has 0 fully saturated rings. The van der Waals surface area contributed by atoms with Gasteiger partial charge in [0.2, 0.25) is 11.7 Å². The molecule has 110 valence electrons. The maximum atomic E-state index is 11.9. The standard InChI is InChI=1S/C15H12N4O3/c20-14(10-5-2-1-3-6-10)17-9-12-18-13(19-22-12)11-7-4-8-16-15(11)21/h1-8H,9H2,(H,16,21)(H,17,20). The van der Waals surface area contributed by atoms with Gasteiger partial charge in [0, 0.05) is 11.8 Å². The minimum atomic E-state index is -0.303. The zero-order valence-electron chi connectivity index (χ0n) is 11.4. The number of rotatable bonds is 4. The number of H-pyrrole nitrogens is 1. The smallest absolute Gasteiger partial charge is 0.259 e. The van der Waals surface area contributed by atoms with Gasteiger partial charge in [-0.25, -0.2) is 0 Å². The van der Waals surface area contributed by atoms with Crippen LogP contribution in [0.1, 0.15) is 16.2 Å². The van der Waals surface area contributed by atoms with Crippen molar-refractivity contribution in [3.8, 4) is 11.4 Å². The Morgan fingerprint density at radius 1 is 1.18 bits per heavy atom. The molecule has 2 heterocycles. The molecule has 0 atom stereocenters. The molecular formula is C15H12N4O3. The summed E-state index contributed by atoms with van der Waals surface area (Å²) in [6, 6.07) is 12.1. The largest absolute Gasteiger partial charge is 0.343 e. The zero-order valence-corrected chi connectivity index (χ0v) is 11.4. The predicted molar refractivity (Wildman–Crippen MR) is 78.0 cm³/mol. The fourth-order valence-corrected chi connectivity index (χ4v) is 1.88. The van der Waals surface area contributed by atoms with Crippen LogP contribution in [0.5, 0.6) is 0 Å². The van der Waals surface area contributed by atoms with Crippen LogP contribution in [-0.4, -0.2) is 21.0 Å². The lowest BCUT2D eigenvalue weighted by Crippen LogP contribution is -2.22. The van der Waals surface area contributed by atoms with Crippen LogP contribution in [0.3, 0.4) is 0 Å². The van der Waals surface area contributed by atoms with Crippen molar-refractivity contribution in [2.24, 2.45) is 0 Å². The third-order valence-corrected chi connectivity index (χ3v) is 2.96. The highest BCUT2D eigenvalue weighted by Gasteiger charge is 2.12. The van der Waals surface area contributed by atoms with Crippen molar-refractivity contribution in [2.45, 2.75) is 6.54 Å². The zero-order chi connectivity index (χ0) is 15.4. The first-order valence-electron chi connectivity index (χ1n) is 6.58. The van der Waals surface area contributed by atoms with Crippen LogP contribution in [0.2, 0.25) is 0 Å². The minimum absolute atomic E-state index is 0.0888. The Hall–Kier alpha value is -3.22. The number of nitrogens with zero attached hydrogens (tertiary/aromatic N) is 2. The molecule has 0 aliphatic heterocycles. The van der Waals surface area contributed by atoms with Gasteiger partial charge in [-0.3, -0.25) is 9.59 Å². The van der Waals surface area contributed by atoms with E-state index in [1.807, 2.05) is 6.07 Å². The molecule has 0 aliphatic rings. The van der Waals surface area contributed by atoms with Crippen LogP contribution in [0.4, 0.5) is 0 Å². The molecule has 2 N–H and O–H groups in total. The summed E-state index contributed by atoms with van der Waals surface area (Å²) in [6.45, 7) is 0.0888. The van der Waals surface area contributed by atoms with Gasteiger partial charge in [-0.15, -0.1) is 0 Å². The average Bonchev–Trinajstić information content (AvgIpc) is 3.02. The van der Waals surface area contributed by atoms with Gasteiger partial charge in [-0.05, 0) is 24.3 Å². The van der Waals surface area contributed by atoms with Crippen molar-refractivity contribution >= 4 is 5.91 Å². The average molecular weight is 296 g/mol. The summed E-state index contributed by atoms with van der Waals surface area (Å²) in [5, 5.41) is 6.41. The van der Waals surface area contributed by atoms with Crippen LogP contribution in [0.25, 0.3) is 11.4 Å². The monoisotopic (exact) mass is 296 g/mol. The number of hydrogen-bond acceptors (Lipinski definition) is 5. The lowest BCUT2D eigenvalue weighted by atomic mass is 10.2. The summed E-state index contributed by atoms with van der Waals surface area (Å²) >= 11 is 0. The fraction of sp³-hybridized carbons (Fsp3) is 0.0667. The maximum Gasteiger partial charge on any atom is 0.259 e. The molecule has 0 aliphatic carbocycles. The molecule has 7 nitrogen and oxygen atoms in total. The second kappa shape index (κ2) is 6.04. The molecule has 3 rings (SSSR count). The SMILES string of the molecule is O=C(NCc1nc(-c2ccc[nH]c2=O)no1)c1ccccc1. The van der Waals surface area contributed by atoms with Crippen molar-refractivity contribution in [1.82, 2.24) is 20.4 Å². The number of aromatic amines is 1. The van der Waals surface area contributed by atoms with Crippen molar-refractivity contribution in [3.63, 3.8) is 0 Å². The van der Waals surface area contributed by atoms with Crippen molar-refractivity contribution in [2.75, 3.05) is 0 Å². The van der Waals surface area contributed by atoms with E-state index in [0.717, 1.165) is 0 Å². The van der Waals surface area contributed by atoms with E-state index >= 15 is 0 Å². The highest BCUT2D eigenvalue weighted by atomic mass is 16.5. The number of benzene rings is 1. The van der Waals surface area contributed by atoms with E-state index in [9.17, 15) is 9.59 Å². The number of aromatic nitrogens is 3. The predicted octanol–water partition coefficient (Wildman–Crippen LogP) is 1.35. The van der Waals surface area contributed by atoms with Crippen molar-refractivity contribution in [3.05, 3.63) is 70.5 Å². The molecule has 3 aromatic rings. The molecule has 22 heavy (non-hydrogen) atoms. The summed E-state index contributed by atoms with van der Waals surface area (Å²) in [6.07, 6.45) is 1.52. The second-order valence-corrected chi connectivity index (χ2v) is 4.47. The third kappa shape index (κ3) is 2.93. The van der Waals surface area contributed by atoms with Crippen molar-refractivity contribution in [1.29, 1.82) is 0 Å². The van der Waals surface area contributed by atoms with E-state index in [0.29, 0.717) is 11.1 Å². The number of hydrogen-bond donors (Lipinski definition) is 2. The number of nitrogens with one attached hydrogen (secondary N) is 2. The van der Waals surface area contributed by atoms with Crippen LogP contribution >= 0.6 is 0 Å². The van der Waals surface area contributed by atoms with Gasteiger partial charge in [0.25, 0.3) is 11.5 Å². The molecule has 0 radical (unpaired) electrons. The van der Waals surface area contributed by atoms with Gasteiger partial charge in [0.05, 0.1) is 12.1 Å². The number of amides is 1. The Morgan fingerprint density at radius 3 is 2.77 bits per heavy atom. The first-order valence-corrected chi connectivity index (χ1v) is 6.58. The Labute approximate surface area is 125 Å². The highest BCUT2D eigenvalue weighted by Crippen LogP contribution is 2.10. The van der Waals surface area contributed by atoms with E-state index < -0.39 is 0 Å². The first kappa shape index (κ1) is 13.7. The van der Waals surface area contributed by atoms with E-state index in [4.69, 9.17) is 4.52 Å². The first-order chi connectivity index (χ1) is 10.7. The normalized spacial score (nSPS) is 10.4. The second-order valence-electron chi connectivity index (χ2n) is 4.47. The third-order valence-electron chi connectivity index (χ3n) is 2.96. The van der Waals surface area contributed by atoms with Crippen molar-refractivity contribution < 1.29 is 9.32 Å². The molecule has 1 aromatic carbocycles. The Bertz CT molecular complexity index is 839. The lowest BCUT2D eigenvalue weighted by molar-refractivity contribution is 0.0946. The Balaban J connectivity index is 1.69. The summed E-state index contributed by atoms with van der Waals surface area (Å²) < 4.78 is 5.03. The topological polar surface area (TPSA) is 101 Å². The summed E-state index contributed by atoms with van der Waals surface area (Å²) in [5.74, 6) is 0.172. The molecule has 0 bridgehead atoms. The molecule has 0 saturated carbocycles. The molecule has 7 heteroatoms. The maximum absolute atomic E-state index is 11.9. The minimum Gasteiger partial charge on any atom is -0.343 e. The van der Waals surface area contributed by atoms with Crippen LogP contribution in [0.15, 0.2) is 58.0 Å². The molecule has 0 spiro atoms. The Morgan fingerprint density at radius 2 is 2.00 bits per heavy atom. The van der Waals surface area contributed by atoms with E-state index in [1.165, 1.54) is 6.20 Å². The quantitative estimate of drug-likeness (QED) is 0.757. The molecule has 1 amide bonds. The molecule has 0 saturated heterocycles. The van der Waals surface area contributed by atoms with Gasteiger partial charge >= 0.3 is 0 Å². The molecular weight excluding hydrogens is 284 g/mol. The van der Waals surface area contributed by atoms with Gasteiger partial charge in [0.15, 0.2) is 0 Å². The summed E-state index contributed by atoms with van der Waals surface area (Å²) in [7, 11) is 0. The number of pyridine rings is 1. The molecule has 0 unspecified atom stereocenters. The summed E-state index contributed by atoms with van der Waals surface area (Å²) in [4.78, 5) is 30.2. The van der Waals surface area contributed by atoms with E-state index in [-0.39, 0.29) is 29.7 Å². The molecule has 2 aromatic heterocycles. The van der Waals surface area contributed by atoms with Crippen LogP contribution in [0, 0.1) is 0 Å². The van der Waals surface area contributed by atoms with Crippen LogP contribution in [-0.2, 0) is 6.54 Å². The van der Waals surface area contributed by atoms with Crippen LogP contribution < -0.4 is 10.9 Å². The van der Waals surface area contributed by atoms with Gasteiger partial charge < -0.3 is 14.8 Å². The number of carbonyl (C=O) groups excluding carboxylic acids is 1. The van der Waals surface area contributed by atoms with E-state index in [2.05, 4.69) is 20.4 Å².